The van der Waals surface area contributed by atoms with Crippen LogP contribution < -0.4 is 5.32 Å². The van der Waals surface area contributed by atoms with Crippen LogP contribution in [0.1, 0.15) is 33.1 Å². The van der Waals surface area contributed by atoms with Crippen LogP contribution in [0.4, 0.5) is 0 Å². The van der Waals surface area contributed by atoms with E-state index in [0.29, 0.717) is 6.04 Å². The van der Waals surface area contributed by atoms with Crippen molar-refractivity contribution < 1.29 is 0 Å². The smallest absolute Gasteiger partial charge is 0.0697 e. The van der Waals surface area contributed by atoms with Crippen LogP contribution in [0.15, 0.2) is 0 Å². The SMILES string of the molecule is CC(C)(C#N)CNC1CCN2CCCC12. The van der Waals surface area contributed by atoms with Gasteiger partial charge >= 0.3 is 0 Å². The summed E-state index contributed by atoms with van der Waals surface area (Å²) in [5.41, 5.74) is -0.230. The highest BCUT2D eigenvalue weighted by atomic mass is 15.2. The third kappa shape index (κ3) is 2.32. The van der Waals surface area contributed by atoms with E-state index in [9.17, 15) is 0 Å². The largest absolute Gasteiger partial charge is 0.311 e. The Bertz CT molecular complexity index is 267. The predicted molar refractivity (Wildman–Crippen MR) is 60.4 cm³/mol. The second-order valence-corrected chi connectivity index (χ2v) is 5.52. The monoisotopic (exact) mass is 207 g/mol. The van der Waals surface area contributed by atoms with E-state index >= 15 is 0 Å². The summed E-state index contributed by atoms with van der Waals surface area (Å²) in [5, 5.41) is 12.5. The molecule has 2 fully saturated rings. The first-order valence-corrected chi connectivity index (χ1v) is 6.01. The Morgan fingerprint density at radius 1 is 1.40 bits per heavy atom. The number of hydrogen-bond acceptors (Lipinski definition) is 3. The molecule has 1 N–H and O–H groups in total. The van der Waals surface area contributed by atoms with Gasteiger partial charge in [0.15, 0.2) is 0 Å². The molecule has 0 aromatic heterocycles. The number of nitrogens with one attached hydrogen (secondary N) is 1. The van der Waals surface area contributed by atoms with E-state index in [2.05, 4.69) is 16.3 Å². The number of nitriles is 1. The minimum Gasteiger partial charge on any atom is -0.311 e. The van der Waals surface area contributed by atoms with E-state index in [0.717, 1.165) is 12.6 Å². The summed E-state index contributed by atoms with van der Waals surface area (Å²) >= 11 is 0. The van der Waals surface area contributed by atoms with E-state index in [1.54, 1.807) is 0 Å². The molecule has 3 nitrogen and oxygen atoms in total. The maximum atomic E-state index is 8.95. The van der Waals surface area contributed by atoms with Crippen LogP contribution in [0, 0.1) is 16.7 Å². The molecule has 0 saturated carbocycles. The van der Waals surface area contributed by atoms with Crippen molar-refractivity contribution in [1.82, 2.24) is 10.2 Å². The first-order valence-electron chi connectivity index (χ1n) is 6.01. The van der Waals surface area contributed by atoms with E-state index in [4.69, 9.17) is 5.26 Å². The van der Waals surface area contributed by atoms with Gasteiger partial charge in [-0.25, -0.2) is 0 Å². The van der Waals surface area contributed by atoms with Crippen LogP contribution in [0.25, 0.3) is 0 Å². The van der Waals surface area contributed by atoms with Crippen molar-refractivity contribution in [3.8, 4) is 6.07 Å². The summed E-state index contributed by atoms with van der Waals surface area (Å²) in [6, 6.07) is 3.72. The topological polar surface area (TPSA) is 39.1 Å². The fourth-order valence-corrected chi connectivity index (χ4v) is 2.75. The fraction of sp³-hybridized carbons (Fsp3) is 0.917. The highest BCUT2D eigenvalue weighted by Crippen LogP contribution is 2.28. The van der Waals surface area contributed by atoms with Crippen LogP contribution >= 0.6 is 0 Å². The van der Waals surface area contributed by atoms with Crippen molar-refractivity contribution in [3.05, 3.63) is 0 Å². The Labute approximate surface area is 92.4 Å². The predicted octanol–water partition coefficient (Wildman–Crippen LogP) is 1.36. The van der Waals surface area contributed by atoms with Gasteiger partial charge in [-0.3, -0.25) is 4.90 Å². The summed E-state index contributed by atoms with van der Waals surface area (Å²) in [5.74, 6) is 0. The van der Waals surface area contributed by atoms with Gasteiger partial charge in [0, 0.05) is 25.2 Å². The first kappa shape index (κ1) is 10.9. The lowest BCUT2D eigenvalue weighted by Crippen LogP contribution is -2.42. The Morgan fingerprint density at radius 3 is 2.93 bits per heavy atom. The van der Waals surface area contributed by atoms with Gasteiger partial charge in [-0.05, 0) is 39.7 Å². The molecule has 2 atom stereocenters. The zero-order chi connectivity index (χ0) is 10.9. The summed E-state index contributed by atoms with van der Waals surface area (Å²) in [6.07, 6.45) is 3.95. The van der Waals surface area contributed by atoms with Crippen LogP contribution in [0.5, 0.6) is 0 Å². The molecule has 0 bridgehead atoms. The van der Waals surface area contributed by atoms with Gasteiger partial charge in [-0.2, -0.15) is 5.26 Å². The normalized spacial score (nSPS) is 31.5. The number of hydrogen-bond donors (Lipinski definition) is 1. The summed E-state index contributed by atoms with van der Waals surface area (Å²) < 4.78 is 0. The minimum absolute atomic E-state index is 0.230. The maximum Gasteiger partial charge on any atom is 0.0697 e. The van der Waals surface area contributed by atoms with Gasteiger partial charge in [0.2, 0.25) is 0 Å². The average molecular weight is 207 g/mol. The van der Waals surface area contributed by atoms with Crippen LogP contribution in [0.3, 0.4) is 0 Å². The maximum absolute atomic E-state index is 8.95. The molecule has 0 aromatic rings. The molecule has 2 rings (SSSR count). The zero-order valence-electron chi connectivity index (χ0n) is 9.79. The summed E-state index contributed by atoms with van der Waals surface area (Å²) in [7, 11) is 0. The van der Waals surface area contributed by atoms with Crippen molar-refractivity contribution >= 4 is 0 Å². The standard InChI is InChI=1S/C12H21N3/c1-12(2,8-13)9-14-10-5-7-15-6-3-4-11(10)15/h10-11,14H,3-7,9H2,1-2H3. The molecule has 2 heterocycles. The van der Waals surface area contributed by atoms with E-state index < -0.39 is 0 Å². The molecule has 3 heteroatoms. The molecule has 0 aromatic carbocycles. The molecule has 0 aliphatic carbocycles. The molecule has 15 heavy (non-hydrogen) atoms. The third-order valence-corrected chi connectivity index (χ3v) is 3.71. The lowest BCUT2D eigenvalue weighted by molar-refractivity contribution is 0.289. The lowest BCUT2D eigenvalue weighted by atomic mass is 9.95. The van der Waals surface area contributed by atoms with Gasteiger partial charge in [0.25, 0.3) is 0 Å². The van der Waals surface area contributed by atoms with Crippen molar-refractivity contribution in [1.29, 1.82) is 5.26 Å². The van der Waals surface area contributed by atoms with Crippen molar-refractivity contribution in [2.24, 2.45) is 5.41 Å². The Hall–Kier alpha value is -0.590. The van der Waals surface area contributed by atoms with Crippen LogP contribution in [-0.2, 0) is 0 Å². The van der Waals surface area contributed by atoms with Crippen molar-refractivity contribution in [2.75, 3.05) is 19.6 Å². The molecule has 84 valence electrons. The number of nitrogens with zero attached hydrogens (tertiary/aromatic N) is 2. The van der Waals surface area contributed by atoms with E-state index in [1.807, 2.05) is 13.8 Å². The molecule has 0 amide bonds. The van der Waals surface area contributed by atoms with Crippen LogP contribution in [-0.4, -0.2) is 36.6 Å². The van der Waals surface area contributed by atoms with Gasteiger partial charge in [0.1, 0.15) is 0 Å². The molecule has 0 spiro atoms. The van der Waals surface area contributed by atoms with E-state index in [1.165, 1.54) is 32.4 Å². The highest BCUT2D eigenvalue weighted by molar-refractivity contribution is 4.99. The average Bonchev–Trinajstić information content (AvgIpc) is 2.77. The van der Waals surface area contributed by atoms with Gasteiger partial charge in [-0.15, -0.1) is 0 Å². The van der Waals surface area contributed by atoms with E-state index in [-0.39, 0.29) is 5.41 Å². The molecule has 2 saturated heterocycles. The summed E-state index contributed by atoms with van der Waals surface area (Å²) in [6.45, 7) is 7.35. The van der Waals surface area contributed by atoms with Gasteiger partial charge in [0.05, 0.1) is 11.5 Å². The second-order valence-electron chi connectivity index (χ2n) is 5.52. The third-order valence-electron chi connectivity index (χ3n) is 3.71. The van der Waals surface area contributed by atoms with Crippen molar-refractivity contribution in [3.63, 3.8) is 0 Å². The zero-order valence-corrected chi connectivity index (χ0v) is 9.79. The molecule has 2 unspecified atom stereocenters. The first-order chi connectivity index (χ1) is 7.12. The molecule has 0 radical (unpaired) electrons. The Balaban J connectivity index is 1.83. The highest BCUT2D eigenvalue weighted by Gasteiger charge is 2.37. The van der Waals surface area contributed by atoms with Crippen LogP contribution in [0.2, 0.25) is 0 Å². The molecular formula is C12H21N3. The minimum atomic E-state index is -0.230. The molecule has 2 aliphatic rings. The Kier molecular flexibility index (Phi) is 2.99. The van der Waals surface area contributed by atoms with Crippen molar-refractivity contribution in [2.45, 2.75) is 45.2 Å². The summed E-state index contributed by atoms with van der Waals surface area (Å²) in [4.78, 5) is 2.59. The number of fused-ring (bicyclic) bond motifs is 1. The second kappa shape index (κ2) is 4.11. The molecular weight excluding hydrogens is 186 g/mol. The quantitative estimate of drug-likeness (QED) is 0.759. The number of rotatable bonds is 3. The molecule has 2 aliphatic heterocycles. The van der Waals surface area contributed by atoms with Gasteiger partial charge in [-0.1, -0.05) is 0 Å². The Morgan fingerprint density at radius 2 is 2.20 bits per heavy atom. The lowest BCUT2D eigenvalue weighted by Gasteiger charge is -2.24. The fourth-order valence-electron chi connectivity index (χ4n) is 2.75. The van der Waals surface area contributed by atoms with Gasteiger partial charge < -0.3 is 5.32 Å².